The number of amides is 1. The SMILES string of the molecule is Nc1c(C(=O)NCC(F)F)sc2ccc(Br)cc12. The van der Waals surface area contributed by atoms with Gasteiger partial charge in [-0.1, -0.05) is 15.9 Å². The van der Waals surface area contributed by atoms with Crippen molar-refractivity contribution in [2.45, 2.75) is 6.43 Å². The lowest BCUT2D eigenvalue weighted by molar-refractivity contribution is 0.0896. The highest BCUT2D eigenvalue weighted by molar-refractivity contribution is 9.10. The zero-order chi connectivity index (χ0) is 13.3. The number of hydrogen-bond donors (Lipinski definition) is 2. The molecule has 0 bridgehead atoms. The van der Waals surface area contributed by atoms with E-state index >= 15 is 0 Å². The van der Waals surface area contributed by atoms with E-state index in [-0.39, 0.29) is 4.88 Å². The van der Waals surface area contributed by atoms with E-state index in [9.17, 15) is 13.6 Å². The summed E-state index contributed by atoms with van der Waals surface area (Å²) in [5.41, 5.74) is 6.18. The number of thiophene rings is 1. The average Bonchev–Trinajstić information content (AvgIpc) is 2.64. The molecule has 1 aromatic heterocycles. The van der Waals surface area contributed by atoms with Crippen LogP contribution in [0.4, 0.5) is 14.5 Å². The number of carbonyl (C=O) groups excluding carboxylic acids is 1. The third kappa shape index (κ3) is 2.62. The molecule has 2 aromatic rings. The molecule has 0 aliphatic heterocycles. The van der Waals surface area contributed by atoms with Gasteiger partial charge in [0.15, 0.2) is 0 Å². The molecule has 0 aliphatic carbocycles. The fourth-order valence-electron chi connectivity index (χ4n) is 1.51. The third-order valence-electron chi connectivity index (χ3n) is 2.31. The van der Waals surface area contributed by atoms with E-state index < -0.39 is 18.9 Å². The molecule has 0 aliphatic rings. The van der Waals surface area contributed by atoms with Crippen LogP contribution in [0.25, 0.3) is 10.1 Å². The second-order valence-electron chi connectivity index (χ2n) is 3.59. The molecule has 1 aromatic carbocycles. The predicted octanol–water partition coefficient (Wildman–Crippen LogP) is 3.24. The largest absolute Gasteiger partial charge is 0.397 e. The second-order valence-corrected chi connectivity index (χ2v) is 5.55. The first-order valence-corrected chi connectivity index (χ1v) is 6.64. The number of benzene rings is 1. The fraction of sp³-hybridized carbons (Fsp3) is 0.182. The van der Waals surface area contributed by atoms with Crippen molar-refractivity contribution in [3.05, 3.63) is 27.5 Å². The first-order valence-electron chi connectivity index (χ1n) is 5.03. The highest BCUT2D eigenvalue weighted by atomic mass is 79.9. The molecule has 0 unspecified atom stereocenters. The number of halogens is 3. The number of carbonyl (C=O) groups is 1. The van der Waals surface area contributed by atoms with Crippen LogP contribution in [0.2, 0.25) is 0 Å². The van der Waals surface area contributed by atoms with Crippen molar-refractivity contribution in [1.29, 1.82) is 0 Å². The fourth-order valence-corrected chi connectivity index (χ4v) is 2.89. The van der Waals surface area contributed by atoms with Crippen molar-refractivity contribution in [3.8, 4) is 0 Å². The smallest absolute Gasteiger partial charge is 0.263 e. The standard InChI is InChI=1S/C11H9BrF2N2OS/c12-5-1-2-7-6(3-5)9(15)10(18-7)11(17)16-4-8(13)14/h1-3,8H,4,15H2,(H,16,17). The van der Waals surface area contributed by atoms with Crippen molar-refractivity contribution in [1.82, 2.24) is 5.32 Å². The second kappa shape index (κ2) is 5.19. The summed E-state index contributed by atoms with van der Waals surface area (Å²) in [6.07, 6.45) is -2.57. The lowest BCUT2D eigenvalue weighted by Gasteiger charge is -2.02. The van der Waals surface area contributed by atoms with E-state index in [4.69, 9.17) is 5.73 Å². The summed E-state index contributed by atoms with van der Waals surface area (Å²) < 4.78 is 25.7. The summed E-state index contributed by atoms with van der Waals surface area (Å²) in [6.45, 7) is -0.670. The molecule has 96 valence electrons. The molecule has 3 N–H and O–H groups in total. The molecule has 18 heavy (non-hydrogen) atoms. The number of anilines is 1. The summed E-state index contributed by atoms with van der Waals surface area (Å²) >= 11 is 4.50. The van der Waals surface area contributed by atoms with Gasteiger partial charge in [0.25, 0.3) is 12.3 Å². The van der Waals surface area contributed by atoms with E-state index in [1.54, 1.807) is 6.07 Å². The Morgan fingerprint density at radius 2 is 2.22 bits per heavy atom. The van der Waals surface area contributed by atoms with Gasteiger partial charge >= 0.3 is 0 Å². The molecule has 0 radical (unpaired) electrons. The van der Waals surface area contributed by atoms with Crippen molar-refractivity contribution in [3.63, 3.8) is 0 Å². The number of nitrogen functional groups attached to an aromatic ring is 1. The zero-order valence-electron chi connectivity index (χ0n) is 9.04. The topological polar surface area (TPSA) is 55.1 Å². The van der Waals surface area contributed by atoms with Crippen molar-refractivity contribution in [2.24, 2.45) is 0 Å². The number of hydrogen-bond acceptors (Lipinski definition) is 3. The molecule has 7 heteroatoms. The van der Waals surface area contributed by atoms with Gasteiger partial charge < -0.3 is 11.1 Å². The van der Waals surface area contributed by atoms with E-state index in [0.29, 0.717) is 5.69 Å². The maximum Gasteiger partial charge on any atom is 0.263 e. The Balaban J connectivity index is 2.34. The third-order valence-corrected chi connectivity index (χ3v) is 3.99. The summed E-state index contributed by atoms with van der Waals surface area (Å²) in [5.74, 6) is -0.565. The van der Waals surface area contributed by atoms with E-state index in [1.165, 1.54) is 11.3 Å². The van der Waals surface area contributed by atoms with Crippen molar-refractivity contribution >= 4 is 48.9 Å². The molecule has 0 saturated carbocycles. The van der Waals surface area contributed by atoms with Crippen molar-refractivity contribution < 1.29 is 13.6 Å². The van der Waals surface area contributed by atoms with Gasteiger partial charge in [-0.15, -0.1) is 11.3 Å². The Bertz CT molecular complexity index is 600. The number of nitrogens with one attached hydrogen (secondary N) is 1. The van der Waals surface area contributed by atoms with Gasteiger partial charge in [0.05, 0.1) is 12.2 Å². The Hall–Kier alpha value is -1.21. The van der Waals surface area contributed by atoms with Crippen LogP contribution < -0.4 is 11.1 Å². The van der Waals surface area contributed by atoms with Gasteiger partial charge in [-0.3, -0.25) is 4.79 Å². The van der Waals surface area contributed by atoms with Gasteiger partial charge in [0.2, 0.25) is 0 Å². The first-order chi connectivity index (χ1) is 8.49. The van der Waals surface area contributed by atoms with E-state index in [1.807, 2.05) is 12.1 Å². The number of rotatable bonds is 3. The van der Waals surface area contributed by atoms with Gasteiger partial charge in [0, 0.05) is 14.6 Å². The minimum atomic E-state index is -2.57. The molecule has 1 heterocycles. The zero-order valence-corrected chi connectivity index (χ0v) is 11.4. The monoisotopic (exact) mass is 334 g/mol. The Morgan fingerprint density at radius 3 is 2.89 bits per heavy atom. The normalized spacial score (nSPS) is 11.1. The molecular weight excluding hydrogens is 326 g/mol. The summed E-state index contributed by atoms with van der Waals surface area (Å²) in [6, 6.07) is 5.45. The van der Waals surface area contributed by atoms with E-state index in [2.05, 4.69) is 21.2 Å². The van der Waals surface area contributed by atoms with Crippen LogP contribution in [-0.2, 0) is 0 Å². The van der Waals surface area contributed by atoms with Gasteiger partial charge in [-0.25, -0.2) is 8.78 Å². The van der Waals surface area contributed by atoms with Crippen LogP contribution in [0.5, 0.6) is 0 Å². The lowest BCUT2D eigenvalue weighted by Crippen LogP contribution is -2.28. The summed E-state index contributed by atoms with van der Waals surface area (Å²) in [7, 11) is 0. The minimum absolute atomic E-state index is 0.267. The molecule has 3 nitrogen and oxygen atoms in total. The molecular formula is C11H9BrF2N2OS. The molecule has 0 saturated heterocycles. The van der Waals surface area contributed by atoms with Crippen LogP contribution in [0.15, 0.2) is 22.7 Å². The van der Waals surface area contributed by atoms with Crippen LogP contribution in [0.3, 0.4) is 0 Å². The quantitative estimate of drug-likeness (QED) is 0.905. The first kappa shape index (κ1) is 13.2. The molecule has 2 rings (SSSR count). The summed E-state index contributed by atoms with van der Waals surface area (Å²) in [5, 5.41) is 2.89. The van der Waals surface area contributed by atoms with Gasteiger partial charge in [0.1, 0.15) is 4.88 Å². The van der Waals surface area contributed by atoms with Gasteiger partial charge in [-0.05, 0) is 18.2 Å². The van der Waals surface area contributed by atoms with Crippen molar-refractivity contribution in [2.75, 3.05) is 12.3 Å². The predicted molar refractivity (Wildman–Crippen MR) is 72.3 cm³/mol. The van der Waals surface area contributed by atoms with Crippen LogP contribution in [-0.4, -0.2) is 18.9 Å². The van der Waals surface area contributed by atoms with Crippen LogP contribution >= 0.6 is 27.3 Å². The average molecular weight is 335 g/mol. The number of fused-ring (bicyclic) bond motifs is 1. The Morgan fingerprint density at radius 1 is 1.50 bits per heavy atom. The lowest BCUT2D eigenvalue weighted by atomic mass is 10.2. The Labute approximate surface area is 114 Å². The highest BCUT2D eigenvalue weighted by Crippen LogP contribution is 2.35. The highest BCUT2D eigenvalue weighted by Gasteiger charge is 2.17. The molecule has 1 amide bonds. The molecule has 0 spiro atoms. The molecule has 0 fully saturated rings. The maximum absolute atomic E-state index is 12.0. The Kier molecular flexibility index (Phi) is 3.82. The maximum atomic E-state index is 12.0. The molecule has 0 atom stereocenters. The van der Waals surface area contributed by atoms with Crippen LogP contribution in [0, 0.1) is 0 Å². The number of alkyl halides is 2. The van der Waals surface area contributed by atoms with E-state index in [0.717, 1.165) is 14.6 Å². The minimum Gasteiger partial charge on any atom is -0.397 e. The van der Waals surface area contributed by atoms with Gasteiger partial charge in [-0.2, -0.15) is 0 Å². The van der Waals surface area contributed by atoms with Crippen LogP contribution in [0.1, 0.15) is 9.67 Å². The number of nitrogens with two attached hydrogens (primary N) is 1. The summed E-state index contributed by atoms with van der Waals surface area (Å²) in [4.78, 5) is 12.0.